The highest BCUT2D eigenvalue weighted by molar-refractivity contribution is 5.94. The van der Waals surface area contributed by atoms with E-state index in [4.69, 9.17) is 9.84 Å². The predicted octanol–water partition coefficient (Wildman–Crippen LogP) is 2.61. The van der Waals surface area contributed by atoms with Crippen molar-refractivity contribution in [1.82, 2.24) is 0 Å². The van der Waals surface area contributed by atoms with Gasteiger partial charge in [0.15, 0.2) is 0 Å². The number of carbonyl (C=O) groups is 1. The van der Waals surface area contributed by atoms with E-state index in [2.05, 4.69) is 5.32 Å². The lowest BCUT2D eigenvalue weighted by Crippen LogP contribution is -2.14. The second-order valence-electron chi connectivity index (χ2n) is 4.36. The highest BCUT2D eigenvalue weighted by Gasteiger charge is 2.14. The largest absolute Gasteiger partial charge is 0.478 e. The summed E-state index contributed by atoms with van der Waals surface area (Å²) in [4.78, 5) is 10.9. The van der Waals surface area contributed by atoms with Crippen molar-refractivity contribution < 1.29 is 19.0 Å². The van der Waals surface area contributed by atoms with Gasteiger partial charge in [0.05, 0.1) is 12.3 Å². The number of hydrogen-bond donors (Lipinski definition) is 2. The number of rotatable bonds is 7. The molecule has 0 bridgehead atoms. The summed E-state index contributed by atoms with van der Waals surface area (Å²) in [6.07, 6.45) is 0. The van der Waals surface area contributed by atoms with Crippen molar-refractivity contribution in [2.24, 2.45) is 5.92 Å². The van der Waals surface area contributed by atoms with Crippen LogP contribution in [0.1, 0.15) is 24.2 Å². The number of anilines is 1. The number of carboxylic acids is 1. The summed E-state index contributed by atoms with van der Waals surface area (Å²) in [5, 5.41) is 11.8. The average Bonchev–Trinajstić information content (AvgIpc) is 2.27. The summed E-state index contributed by atoms with van der Waals surface area (Å²) in [6, 6.07) is 4.14. The van der Waals surface area contributed by atoms with Gasteiger partial charge in [-0.25, -0.2) is 9.18 Å². The van der Waals surface area contributed by atoms with Crippen LogP contribution in [0.15, 0.2) is 18.2 Å². The van der Waals surface area contributed by atoms with E-state index in [0.29, 0.717) is 25.7 Å². The van der Waals surface area contributed by atoms with E-state index in [-0.39, 0.29) is 11.3 Å². The Labute approximate surface area is 106 Å². The third-order valence-electron chi connectivity index (χ3n) is 2.24. The molecule has 1 aromatic rings. The molecule has 0 unspecified atom stereocenters. The van der Waals surface area contributed by atoms with Crippen LogP contribution in [0.3, 0.4) is 0 Å². The Hall–Kier alpha value is -1.62. The van der Waals surface area contributed by atoms with Crippen LogP contribution in [0.5, 0.6) is 0 Å². The zero-order valence-electron chi connectivity index (χ0n) is 10.6. The molecular weight excluding hydrogens is 237 g/mol. The summed E-state index contributed by atoms with van der Waals surface area (Å²) in [7, 11) is 0. The molecule has 0 spiro atoms. The maximum absolute atomic E-state index is 13.3. The molecule has 0 aromatic heterocycles. The maximum Gasteiger partial charge on any atom is 0.340 e. The summed E-state index contributed by atoms with van der Waals surface area (Å²) in [5.74, 6) is -1.57. The minimum Gasteiger partial charge on any atom is -0.478 e. The van der Waals surface area contributed by atoms with E-state index >= 15 is 0 Å². The van der Waals surface area contributed by atoms with E-state index in [0.717, 1.165) is 6.07 Å². The van der Waals surface area contributed by atoms with Crippen LogP contribution < -0.4 is 5.32 Å². The first-order valence-corrected chi connectivity index (χ1v) is 5.85. The molecule has 0 aliphatic carbocycles. The molecule has 1 aromatic carbocycles. The average molecular weight is 255 g/mol. The monoisotopic (exact) mass is 255 g/mol. The lowest BCUT2D eigenvalue weighted by molar-refractivity contribution is 0.0693. The van der Waals surface area contributed by atoms with Crippen LogP contribution in [-0.4, -0.2) is 30.8 Å². The van der Waals surface area contributed by atoms with Gasteiger partial charge in [0.1, 0.15) is 11.4 Å². The van der Waals surface area contributed by atoms with Gasteiger partial charge >= 0.3 is 5.97 Å². The van der Waals surface area contributed by atoms with Crippen molar-refractivity contribution in [1.29, 1.82) is 0 Å². The van der Waals surface area contributed by atoms with Gasteiger partial charge in [-0.05, 0) is 18.1 Å². The molecule has 0 atom stereocenters. The van der Waals surface area contributed by atoms with Crippen molar-refractivity contribution in [3.05, 3.63) is 29.6 Å². The van der Waals surface area contributed by atoms with Gasteiger partial charge < -0.3 is 15.2 Å². The minimum atomic E-state index is -1.28. The molecule has 2 N–H and O–H groups in total. The fourth-order valence-corrected chi connectivity index (χ4v) is 1.47. The molecule has 0 saturated heterocycles. The maximum atomic E-state index is 13.3. The second-order valence-corrected chi connectivity index (χ2v) is 4.36. The van der Waals surface area contributed by atoms with Gasteiger partial charge in [-0.1, -0.05) is 19.9 Å². The molecule has 0 aliphatic rings. The summed E-state index contributed by atoms with van der Waals surface area (Å²) in [6.45, 7) is 5.63. The van der Waals surface area contributed by atoms with Gasteiger partial charge in [0.2, 0.25) is 0 Å². The number of nitrogens with one attached hydrogen (secondary N) is 1. The molecule has 18 heavy (non-hydrogen) atoms. The summed E-state index contributed by atoms with van der Waals surface area (Å²) >= 11 is 0. The quantitative estimate of drug-likeness (QED) is 0.735. The van der Waals surface area contributed by atoms with Crippen molar-refractivity contribution in [2.45, 2.75) is 13.8 Å². The Bertz CT molecular complexity index is 407. The van der Waals surface area contributed by atoms with E-state index in [1.54, 1.807) is 0 Å². The van der Waals surface area contributed by atoms with Crippen molar-refractivity contribution >= 4 is 11.7 Å². The van der Waals surface area contributed by atoms with Gasteiger partial charge in [0.25, 0.3) is 0 Å². The molecular formula is C13H18FNO3. The Morgan fingerprint density at radius 3 is 2.83 bits per heavy atom. The number of aromatic carboxylic acids is 1. The van der Waals surface area contributed by atoms with Crippen LogP contribution in [-0.2, 0) is 4.74 Å². The Morgan fingerprint density at radius 1 is 1.50 bits per heavy atom. The van der Waals surface area contributed by atoms with Crippen LogP contribution in [0, 0.1) is 11.7 Å². The first-order valence-electron chi connectivity index (χ1n) is 5.85. The number of halogens is 1. The standard InChI is InChI=1S/C13H18FNO3/c1-9(2)8-18-7-6-15-11-5-3-4-10(14)12(11)13(16)17/h3-5,9,15H,6-8H2,1-2H3,(H,16,17). The smallest absolute Gasteiger partial charge is 0.340 e. The lowest BCUT2D eigenvalue weighted by atomic mass is 10.1. The predicted molar refractivity (Wildman–Crippen MR) is 67.5 cm³/mol. The lowest BCUT2D eigenvalue weighted by Gasteiger charge is -2.11. The van der Waals surface area contributed by atoms with Crippen LogP contribution in [0.2, 0.25) is 0 Å². The van der Waals surface area contributed by atoms with E-state index in [1.165, 1.54) is 12.1 Å². The third kappa shape index (κ3) is 4.33. The van der Waals surface area contributed by atoms with Gasteiger partial charge in [-0.3, -0.25) is 0 Å². The first-order chi connectivity index (χ1) is 8.52. The normalized spacial score (nSPS) is 10.7. The topological polar surface area (TPSA) is 58.6 Å². The fourth-order valence-electron chi connectivity index (χ4n) is 1.47. The molecule has 0 radical (unpaired) electrons. The molecule has 0 amide bonds. The second kappa shape index (κ2) is 6.96. The molecule has 0 saturated carbocycles. The zero-order chi connectivity index (χ0) is 13.5. The Morgan fingerprint density at radius 2 is 2.22 bits per heavy atom. The SMILES string of the molecule is CC(C)COCCNc1cccc(F)c1C(=O)O. The number of hydrogen-bond acceptors (Lipinski definition) is 3. The highest BCUT2D eigenvalue weighted by atomic mass is 19.1. The number of benzene rings is 1. The van der Waals surface area contributed by atoms with E-state index in [1.807, 2.05) is 13.8 Å². The van der Waals surface area contributed by atoms with Crippen LogP contribution >= 0.6 is 0 Å². The van der Waals surface area contributed by atoms with E-state index in [9.17, 15) is 9.18 Å². The molecule has 100 valence electrons. The summed E-state index contributed by atoms with van der Waals surface area (Å²) < 4.78 is 18.7. The third-order valence-corrected chi connectivity index (χ3v) is 2.24. The molecule has 0 aliphatic heterocycles. The van der Waals surface area contributed by atoms with Crippen LogP contribution in [0.4, 0.5) is 10.1 Å². The molecule has 1 rings (SSSR count). The van der Waals surface area contributed by atoms with Crippen molar-refractivity contribution in [3.8, 4) is 0 Å². The van der Waals surface area contributed by atoms with Gasteiger partial charge in [0, 0.05) is 13.2 Å². The first kappa shape index (κ1) is 14.4. The Kier molecular flexibility index (Phi) is 5.58. The highest BCUT2D eigenvalue weighted by Crippen LogP contribution is 2.18. The summed E-state index contributed by atoms with van der Waals surface area (Å²) in [5.41, 5.74) is -0.0583. The van der Waals surface area contributed by atoms with Crippen LogP contribution in [0.25, 0.3) is 0 Å². The van der Waals surface area contributed by atoms with Gasteiger partial charge in [-0.15, -0.1) is 0 Å². The van der Waals surface area contributed by atoms with E-state index < -0.39 is 11.8 Å². The zero-order valence-corrected chi connectivity index (χ0v) is 10.6. The van der Waals surface area contributed by atoms with Crippen molar-refractivity contribution in [3.63, 3.8) is 0 Å². The Balaban J connectivity index is 2.52. The van der Waals surface area contributed by atoms with Gasteiger partial charge in [-0.2, -0.15) is 0 Å². The molecule has 0 fully saturated rings. The number of carboxylic acid groups (broad SMARTS) is 1. The molecule has 0 heterocycles. The molecule has 5 heteroatoms. The number of ether oxygens (including phenoxy) is 1. The molecule has 4 nitrogen and oxygen atoms in total. The van der Waals surface area contributed by atoms with Crippen molar-refractivity contribution in [2.75, 3.05) is 25.1 Å². The minimum absolute atomic E-state index is 0.274. The fraction of sp³-hybridized carbons (Fsp3) is 0.462.